The molecule has 0 aliphatic heterocycles. The third kappa shape index (κ3) is 4.35. The Balaban J connectivity index is 1.78. The normalized spacial score (nSPS) is 25.2. The number of rotatable bonds is 5. The molecule has 1 fully saturated rings. The summed E-state index contributed by atoms with van der Waals surface area (Å²) in [6, 6.07) is 9.55. The molecule has 1 saturated carbocycles. The first-order valence-electron chi connectivity index (χ1n) is 8.01. The van der Waals surface area contributed by atoms with Crippen molar-refractivity contribution in [2.24, 2.45) is 11.8 Å². The number of benzene rings is 1. The molecule has 1 nitrogen and oxygen atoms in total. The number of hydrogen-bond donors (Lipinski definition) is 1. The molecule has 0 heterocycles. The van der Waals surface area contributed by atoms with Crippen LogP contribution in [0.1, 0.15) is 63.6 Å². The average Bonchev–Trinajstić information content (AvgIpc) is 2.46. The lowest BCUT2D eigenvalue weighted by atomic mass is 9.83. The van der Waals surface area contributed by atoms with Crippen molar-refractivity contribution in [3.63, 3.8) is 0 Å². The molecule has 106 valence electrons. The van der Waals surface area contributed by atoms with Crippen molar-refractivity contribution in [3.05, 3.63) is 35.4 Å². The van der Waals surface area contributed by atoms with Gasteiger partial charge in [0, 0.05) is 6.04 Å². The zero-order chi connectivity index (χ0) is 13.7. The van der Waals surface area contributed by atoms with Crippen molar-refractivity contribution in [1.82, 2.24) is 5.32 Å². The summed E-state index contributed by atoms with van der Waals surface area (Å²) in [6.07, 6.45) is 6.80. The van der Waals surface area contributed by atoms with Gasteiger partial charge in [-0.1, -0.05) is 51.0 Å². The highest BCUT2D eigenvalue weighted by atomic mass is 14.9. The maximum atomic E-state index is 3.72. The largest absolute Gasteiger partial charge is 0.310 e. The molecule has 2 rings (SSSR count). The summed E-state index contributed by atoms with van der Waals surface area (Å²) in [7, 11) is 0. The van der Waals surface area contributed by atoms with Gasteiger partial charge in [0.05, 0.1) is 0 Å². The summed E-state index contributed by atoms with van der Waals surface area (Å²) < 4.78 is 0. The van der Waals surface area contributed by atoms with E-state index >= 15 is 0 Å². The van der Waals surface area contributed by atoms with Crippen LogP contribution in [0.5, 0.6) is 0 Å². The SMILES string of the molecule is CCc1ccc(C(C)NCC2CCC(C)CC2)cc1. The summed E-state index contributed by atoms with van der Waals surface area (Å²) in [5.74, 6) is 1.85. The quantitative estimate of drug-likeness (QED) is 0.806. The topological polar surface area (TPSA) is 12.0 Å². The van der Waals surface area contributed by atoms with E-state index in [2.05, 4.69) is 50.4 Å². The van der Waals surface area contributed by atoms with Crippen molar-refractivity contribution < 1.29 is 0 Å². The third-order valence-corrected chi connectivity index (χ3v) is 4.74. The van der Waals surface area contributed by atoms with Gasteiger partial charge in [-0.3, -0.25) is 0 Å². The van der Waals surface area contributed by atoms with Gasteiger partial charge in [-0.2, -0.15) is 0 Å². The molecule has 0 amide bonds. The average molecular weight is 259 g/mol. The van der Waals surface area contributed by atoms with Crippen LogP contribution in [0.4, 0.5) is 0 Å². The molecule has 1 aromatic rings. The van der Waals surface area contributed by atoms with E-state index in [0.29, 0.717) is 6.04 Å². The van der Waals surface area contributed by atoms with Gasteiger partial charge in [-0.25, -0.2) is 0 Å². The van der Waals surface area contributed by atoms with E-state index in [-0.39, 0.29) is 0 Å². The van der Waals surface area contributed by atoms with Crippen LogP contribution in [0, 0.1) is 11.8 Å². The fraction of sp³-hybridized carbons (Fsp3) is 0.667. The van der Waals surface area contributed by atoms with Crippen molar-refractivity contribution in [1.29, 1.82) is 0 Å². The standard InChI is InChI=1S/C18H29N/c1-4-16-9-11-18(12-10-16)15(3)19-13-17-7-5-14(2)6-8-17/h9-12,14-15,17,19H,4-8,13H2,1-3H3. The monoisotopic (exact) mass is 259 g/mol. The van der Waals surface area contributed by atoms with E-state index in [1.807, 2.05) is 0 Å². The lowest BCUT2D eigenvalue weighted by Crippen LogP contribution is -2.28. The Labute approximate surface area is 118 Å². The number of nitrogens with one attached hydrogen (secondary N) is 1. The molecule has 0 radical (unpaired) electrons. The molecular formula is C18H29N. The minimum absolute atomic E-state index is 0.477. The van der Waals surface area contributed by atoms with Crippen LogP contribution in [-0.4, -0.2) is 6.54 Å². The Bertz CT molecular complexity index is 360. The van der Waals surface area contributed by atoms with Crippen LogP contribution >= 0.6 is 0 Å². The van der Waals surface area contributed by atoms with Crippen LogP contribution in [0.25, 0.3) is 0 Å². The molecule has 1 atom stereocenters. The van der Waals surface area contributed by atoms with Crippen LogP contribution in [0.2, 0.25) is 0 Å². The molecule has 0 spiro atoms. The zero-order valence-corrected chi connectivity index (χ0v) is 12.8. The Morgan fingerprint density at radius 1 is 1.11 bits per heavy atom. The molecule has 0 saturated heterocycles. The van der Waals surface area contributed by atoms with Gasteiger partial charge >= 0.3 is 0 Å². The summed E-state index contributed by atoms with van der Waals surface area (Å²) in [5, 5.41) is 3.72. The summed E-state index contributed by atoms with van der Waals surface area (Å²) in [5.41, 5.74) is 2.85. The molecule has 1 aromatic carbocycles. The van der Waals surface area contributed by atoms with E-state index in [1.165, 1.54) is 43.4 Å². The van der Waals surface area contributed by atoms with Crippen LogP contribution in [-0.2, 0) is 6.42 Å². The predicted molar refractivity (Wildman–Crippen MR) is 83.4 cm³/mol. The lowest BCUT2D eigenvalue weighted by molar-refractivity contribution is 0.276. The first-order valence-corrected chi connectivity index (χ1v) is 8.01. The Kier molecular flexibility index (Phi) is 5.45. The molecule has 0 bridgehead atoms. The fourth-order valence-electron chi connectivity index (χ4n) is 3.04. The Morgan fingerprint density at radius 2 is 1.74 bits per heavy atom. The zero-order valence-electron chi connectivity index (χ0n) is 12.8. The van der Waals surface area contributed by atoms with Gasteiger partial charge in [0.2, 0.25) is 0 Å². The number of hydrogen-bond acceptors (Lipinski definition) is 1. The van der Waals surface area contributed by atoms with E-state index in [1.54, 1.807) is 0 Å². The first-order chi connectivity index (χ1) is 9.19. The molecule has 19 heavy (non-hydrogen) atoms. The highest BCUT2D eigenvalue weighted by Crippen LogP contribution is 2.28. The molecule has 1 unspecified atom stereocenters. The van der Waals surface area contributed by atoms with E-state index in [4.69, 9.17) is 0 Å². The van der Waals surface area contributed by atoms with Crippen molar-refractivity contribution in [2.45, 2.75) is 58.9 Å². The Morgan fingerprint density at radius 3 is 2.32 bits per heavy atom. The molecule has 0 aromatic heterocycles. The maximum absolute atomic E-state index is 3.72. The molecular weight excluding hydrogens is 230 g/mol. The molecule has 1 N–H and O–H groups in total. The van der Waals surface area contributed by atoms with Crippen molar-refractivity contribution in [3.8, 4) is 0 Å². The van der Waals surface area contributed by atoms with Gasteiger partial charge in [0.1, 0.15) is 0 Å². The van der Waals surface area contributed by atoms with Crippen LogP contribution in [0.3, 0.4) is 0 Å². The minimum atomic E-state index is 0.477. The third-order valence-electron chi connectivity index (χ3n) is 4.74. The lowest BCUT2D eigenvalue weighted by Gasteiger charge is -2.27. The predicted octanol–water partition coefficient (Wildman–Crippen LogP) is 4.73. The minimum Gasteiger partial charge on any atom is -0.310 e. The summed E-state index contributed by atoms with van der Waals surface area (Å²) >= 11 is 0. The Hall–Kier alpha value is -0.820. The van der Waals surface area contributed by atoms with E-state index in [9.17, 15) is 0 Å². The van der Waals surface area contributed by atoms with Crippen molar-refractivity contribution >= 4 is 0 Å². The van der Waals surface area contributed by atoms with Crippen LogP contribution in [0.15, 0.2) is 24.3 Å². The van der Waals surface area contributed by atoms with E-state index < -0.39 is 0 Å². The second-order valence-electron chi connectivity index (χ2n) is 6.35. The second-order valence-corrected chi connectivity index (χ2v) is 6.35. The maximum Gasteiger partial charge on any atom is 0.0291 e. The molecule has 1 aliphatic carbocycles. The van der Waals surface area contributed by atoms with Crippen molar-refractivity contribution in [2.75, 3.05) is 6.54 Å². The second kappa shape index (κ2) is 7.09. The van der Waals surface area contributed by atoms with E-state index in [0.717, 1.165) is 18.3 Å². The summed E-state index contributed by atoms with van der Waals surface area (Å²) in [6.45, 7) is 8.07. The molecule has 1 heteroatoms. The van der Waals surface area contributed by atoms with Gasteiger partial charge in [0.15, 0.2) is 0 Å². The van der Waals surface area contributed by atoms with Gasteiger partial charge in [-0.05, 0) is 55.7 Å². The van der Waals surface area contributed by atoms with Gasteiger partial charge in [-0.15, -0.1) is 0 Å². The van der Waals surface area contributed by atoms with Gasteiger partial charge in [0.25, 0.3) is 0 Å². The number of aryl methyl sites for hydroxylation is 1. The molecule has 1 aliphatic rings. The first kappa shape index (κ1) is 14.6. The highest BCUT2D eigenvalue weighted by Gasteiger charge is 2.18. The van der Waals surface area contributed by atoms with Gasteiger partial charge < -0.3 is 5.32 Å². The smallest absolute Gasteiger partial charge is 0.0291 e. The summed E-state index contributed by atoms with van der Waals surface area (Å²) in [4.78, 5) is 0. The fourth-order valence-corrected chi connectivity index (χ4v) is 3.04. The highest BCUT2D eigenvalue weighted by molar-refractivity contribution is 5.24. The van der Waals surface area contributed by atoms with Crippen LogP contribution < -0.4 is 5.32 Å².